The highest BCUT2D eigenvalue weighted by molar-refractivity contribution is 5.75. The zero-order valence-corrected chi connectivity index (χ0v) is 10.9. The van der Waals surface area contributed by atoms with Crippen LogP contribution in [0.5, 0.6) is 0 Å². The number of hydrogen-bond acceptors (Lipinski definition) is 4. The van der Waals surface area contributed by atoms with Gasteiger partial charge in [0.1, 0.15) is 0 Å². The average molecular weight is 263 g/mol. The summed E-state index contributed by atoms with van der Waals surface area (Å²) in [5.41, 5.74) is 2.30. The Morgan fingerprint density at radius 1 is 1.47 bits per heavy atom. The van der Waals surface area contributed by atoms with Crippen molar-refractivity contribution in [3.05, 3.63) is 39.4 Å². The summed E-state index contributed by atoms with van der Waals surface area (Å²) < 4.78 is 0. The number of benzene rings is 1. The number of hydrogen-bond donors (Lipinski definition) is 1. The fraction of sp³-hybridized carbons (Fsp3) is 0.462. The Bertz CT molecular complexity index is 502. The number of nitro groups is 1. The van der Waals surface area contributed by atoms with Crippen LogP contribution in [0.3, 0.4) is 0 Å². The van der Waals surface area contributed by atoms with Gasteiger partial charge in [0.25, 0.3) is 5.69 Å². The lowest BCUT2D eigenvalue weighted by Crippen LogP contribution is -2.33. The van der Waals surface area contributed by atoms with Crippen molar-refractivity contribution in [1.29, 1.82) is 0 Å². The second-order valence-corrected chi connectivity index (χ2v) is 4.66. The van der Waals surface area contributed by atoms with Gasteiger partial charge in [-0.15, -0.1) is 0 Å². The Morgan fingerprint density at radius 3 is 2.95 bits per heavy atom. The molecule has 0 aliphatic carbocycles. The predicted molar refractivity (Wildman–Crippen MR) is 70.8 cm³/mol. The van der Waals surface area contributed by atoms with Crippen molar-refractivity contribution in [1.82, 2.24) is 10.2 Å². The normalized spacial score (nSPS) is 14.8. The third-order valence-electron chi connectivity index (χ3n) is 3.43. The molecule has 0 radical (unpaired) electrons. The van der Waals surface area contributed by atoms with Gasteiger partial charge >= 0.3 is 0 Å². The van der Waals surface area contributed by atoms with Crippen LogP contribution >= 0.6 is 0 Å². The van der Waals surface area contributed by atoms with Crippen LogP contribution in [0.15, 0.2) is 18.2 Å². The second-order valence-electron chi connectivity index (χ2n) is 4.66. The molecule has 6 nitrogen and oxygen atoms in total. The highest BCUT2D eigenvalue weighted by Crippen LogP contribution is 2.23. The maximum Gasteiger partial charge on any atom is 0.269 e. The van der Waals surface area contributed by atoms with Crippen molar-refractivity contribution in [2.45, 2.75) is 19.4 Å². The summed E-state index contributed by atoms with van der Waals surface area (Å²) >= 11 is 0. The van der Waals surface area contributed by atoms with Gasteiger partial charge in [-0.3, -0.25) is 19.8 Å². The Morgan fingerprint density at radius 2 is 2.26 bits per heavy atom. The molecule has 0 saturated carbocycles. The van der Waals surface area contributed by atoms with E-state index in [2.05, 4.69) is 10.2 Å². The first-order chi connectivity index (χ1) is 9.10. The summed E-state index contributed by atoms with van der Waals surface area (Å²) in [6.45, 7) is 2.25. The molecular formula is C13H17N3O3. The largest absolute Gasteiger partial charge is 0.359 e. The van der Waals surface area contributed by atoms with E-state index in [0.717, 1.165) is 18.5 Å². The summed E-state index contributed by atoms with van der Waals surface area (Å²) in [5.74, 6) is 0.0184. The fourth-order valence-corrected chi connectivity index (χ4v) is 2.29. The summed E-state index contributed by atoms with van der Waals surface area (Å²) in [5, 5.41) is 13.4. The van der Waals surface area contributed by atoms with Crippen LogP contribution in [0, 0.1) is 10.1 Å². The van der Waals surface area contributed by atoms with Crippen LogP contribution < -0.4 is 5.32 Å². The van der Waals surface area contributed by atoms with Crippen molar-refractivity contribution < 1.29 is 9.72 Å². The molecule has 1 heterocycles. The Hall–Kier alpha value is -1.95. The maximum atomic E-state index is 11.2. The van der Waals surface area contributed by atoms with E-state index in [1.165, 1.54) is 5.56 Å². The van der Waals surface area contributed by atoms with Gasteiger partial charge in [-0.25, -0.2) is 0 Å². The fourth-order valence-electron chi connectivity index (χ4n) is 2.29. The molecule has 0 spiro atoms. The summed E-state index contributed by atoms with van der Waals surface area (Å²) in [6, 6.07) is 5.03. The van der Waals surface area contributed by atoms with Crippen molar-refractivity contribution >= 4 is 11.6 Å². The van der Waals surface area contributed by atoms with E-state index in [-0.39, 0.29) is 16.5 Å². The van der Waals surface area contributed by atoms with Crippen molar-refractivity contribution in [3.63, 3.8) is 0 Å². The van der Waals surface area contributed by atoms with Crippen molar-refractivity contribution in [2.75, 3.05) is 20.1 Å². The summed E-state index contributed by atoms with van der Waals surface area (Å²) in [4.78, 5) is 23.8. The van der Waals surface area contributed by atoms with Crippen LogP contribution in [0.4, 0.5) is 5.69 Å². The number of carbonyl (C=O) groups excluding carboxylic acids is 1. The van der Waals surface area contributed by atoms with E-state index >= 15 is 0 Å². The third-order valence-corrected chi connectivity index (χ3v) is 3.43. The van der Waals surface area contributed by atoms with Crippen molar-refractivity contribution in [2.24, 2.45) is 0 Å². The van der Waals surface area contributed by atoms with Gasteiger partial charge in [-0.05, 0) is 17.5 Å². The number of nitrogens with zero attached hydrogens (tertiary/aromatic N) is 2. The smallest absolute Gasteiger partial charge is 0.269 e. The summed E-state index contributed by atoms with van der Waals surface area (Å²) in [7, 11) is 1.62. The lowest BCUT2D eigenvalue weighted by Gasteiger charge is -2.28. The SMILES string of the molecule is CNC(=O)CCN1CCc2ccc([N+](=O)[O-])cc2C1. The van der Waals surface area contributed by atoms with Gasteiger partial charge in [0, 0.05) is 45.2 Å². The monoisotopic (exact) mass is 263 g/mol. The number of rotatable bonds is 4. The zero-order valence-electron chi connectivity index (χ0n) is 10.9. The Kier molecular flexibility index (Phi) is 4.11. The second kappa shape index (κ2) is 5.79. The zero-order chi connectivity index (χ0) is 13.8. The first-order valence-electron chi connectivity index (χ1n) is 6.29. The lowest BCUT2D eigenvalue weighted by molar-refractivity contribution is -0.385. The van der Waals surface area contributed by atoms with Crippen LogP contribution in [0.25, 0.3) is 0 Å². The molecule has 0 atom stereocenters. The maximum absolute atomic E-state index is 11.2. The van der Waals surface area contributed by atoms with Gasteiger partial charge in [0.15, 0.2) is 0 Å². The summed E-state index contributed by atoms with van der Waals surface area (Å²) in [6.07, 6.45) is 1.34. The van der Waals surface area contributed by atoms with Crippen LogP contribution in [0.1, 0.15) is 17.5 Å². The predicted octanol–water partition coefficient (Wildman–Crippen LogP) is 1.09. The minimum Gasteiger partial charge on any atom is -0.359 e. The molecule has 1 aromatic rings. The molecular weight excluding hydrogens is 246 g/mol. The van der Waals surface area contributed by atoms with Gasteiger partial charge in [-0.1, -0.05) is 6.07 Å². The van der Waals surface area contributed by atoms with Crippen LogP contribution in [-0.4, -0.2) is 35.9 Å². The Labute approximate surface area is 111 Å². The topological polar surface area (TPSA) is 75.5 Å². The first kappa shape index (κ1) is 13.5. The number of carbonyl (C=O) groups is 1. The van der Waals surface area contributed by atoms with Gasteiger partial charge < -0.3 is 5.32 Å². The number of fused-ring (bicyclic) bond motifs is 1. The molecule has 1 aromatic carbocycles. The Balaban J connectivity index is 2.03. The van der Waals surface area contributed by atoms with Gasteiger partial charge in [0.05, 0.1) is 4.92 Å². The quantitative estimate of drug-likeness (QED) is 0.651. The van der Waals surface area contributed by atoms with Crippen LogP contribution in [0.2, 0.25) is 0 Å². The van der Waals surface area contributed by atoms with Crippen molar-refractivity contribution in [3.8, 4) is 0 Å². The minimum absolute atomic E-state index is 0.0184. The molecule has 0 bridgehead atoms. The minimum atomic E-state index is -0.371. The molecule has 2 rings (SSSR count). The van der Waals surface area contributed by atoms with E-state index in [0.29, 0.717) is 19.5 Å². The molecule has 102 valence electrons. The average Bonchev–Trinajstić information content (AvgIpc) is 2.43. The van der Waals surface area contributed by atoms with E-state index in [4.69, 9.17) is 0 Å². The standard InChI is InChI=1S/C13H17N3O3/c1-14-13(17)5-7-15-6-4-10-2-3-12(16(18)19)8-11(10)9-15/h2-3,8H,4-7,9H2,1H3,(H,14,17). The molecule has 19 heavy (non-hydrogen) atoms. The molecule has 6 heteroatoms. The molecule has 1 N–H and O–H groups in total. The first-order valence-corrected chi connectivity index (χ1v) is 6.29. The molecule has 0 saturated heterocycles. The highest BCUT2D eigenvalue weighted by atomic mass is 16.6. The number of amides is 1. The van der Waals surface area contributed by atoms with Crippen LogP contribution in [-0.2, 0) is 17.8 Å². The van der Waals surface area contributed by atoms with E-state index in [1.54, 1.807) is 19.2 Å². The lowest BCUT2D eigenvalue weighted by atomic mass is 9.99. The van der Waals surface area contributed by atoms with Gasteiger partial charge in [-0.2, -0.15) is 0 Å². The number of nitrogens with one attached hydrogen (secondary N) is 1. The van der Waals surface area contributed by atoms with E-state index < -0.39 is 0 Å². The van der Waals surface area contributed by atoms with Gasteiger partial charge in [0.2, 0.25) is 5.91 Å². The number of non-ortho nitro benzene ring substituents is 1. The number of nitro benzene ring substituents is 1. The van der Waals surface area contributed by atoms with E-state index in [9.17, 15) is 14.9 Å². The molecule has 1 aliphatic heterocycles. The highest BCUT2D eigenvalue weighted by Gasteiger charge is 2.19. The molecule has 0 fully saturated rings. The molecule has 1 aliphatic rings. The molecule has 1 amide bonds. The van der Waals surface area contributed by atoms with E-state index in [1.807, 2.05) is 6.07 Å². The molecule has 0 aromatic heterocycles. The molecule has 0 unspecified atom stereocenters. The third kappa shape index (κ3) is 3.29.